The number of Topliss-reactive ketones (excluding diaryl/α,β-unsaturated/α-hetero) is 1. The molecular weight excluding hydrogens is 400 g/mol. The van der Waals surface area contributed by atoms with E-state index in [-0.39, 0.29) is 11.3 Å². The Bertz CT molecular complexity index is 1020. The van der Waals surface area contributed by atoms with Gasteiger partial charge >= 0.3 is 0 Å². The summed E-state index contributed by atoms with van der Waals surface area (Å²) in [7, 11) is 0. The number of carbonyl (C=O) groups excluding carboxylic acids is 2. The summed E-state index contributed by atoms with van der Waals surface area (Å²) in [5.41, 5.74) is 4.59. The van der Waals surface area contributed by atoms with Crippen LogP contribution in [0.3, 0.4) is 0 Å². The molecule has 1 heterocycles. The van der Waals surface area contributed by atoms with Crippen LogP contribution in [0.1, 0.15) is 54.1 Å². The zero-order valence-corrected chi connectivity index (χ0v) is 19.9. The summed E-state index contributed by atoms with van der Waals surface area (Å²) in [5, 5.41) is 11.3. The van der Waals surface area contributed by atoms with E-state index in [1.54, 1.807) is 4.90 Å². The summed E-state index contributed by atoms with van der Waals surface area (Å²) in [6, 6.07) is 13.0. The van der Waals surface area contributed by atoms with E-state index in [4.69, 9.17) is 0 Å². The summed E-state index contributed by atoms with van der Waals surface area (Å²) in [4.78, 5) is 29.4. The van der Waals surface area contributed by atoms with E-state index >= 15 is 0 Å². The molecule has 0 aliphatic carbocycles. The van der Waals surface area contributed by atoms with Crippen LogP contribution in [-0.4, -0.2) is 47.9 Å². The molecular formula is C27H35N2O3+. The molecule has 5 heteroatoms. The molecule has 0 aromatic heterocycles. The minimum atomic E-state index is -0.607. The van der Waals surface area contributed by atoms with Crippen LogP contribution in [0.15, 0.2) is 48.0 Å². The lowest BCUT2D eigenvalue weighted by Gasteiger charge is -2.26. The number of nitrogens with zero attached hydrogens (tertiary/aromatic N) is 1. The molecule has 2 aromatic rings. The molecule has 1 aliphatic rings. The van der Waals surface area contributed by atoms with Crippen LogP contribution in [0.25, 0.3) is 5.76 Å². The number of amides is 1. The molecule has 2 N–H and O–H groups in total. The molecule has 1 saturated heterocycles. The van der Waals surface area contributed by atoms with E-state index in [1.807, 2.05) is 63.2 Å². The van der Waals surface area contributed by atoms with E-state index in [2.05, 4.69) is 13.8 Å². The van der Waals surface area contributed by atoms with E-state index in [9.17, 15) is 14.7 Å². The second kappa shape index (κ2) is 10.1. The summed E-state index contributed by atoms with van der Waals surface area (Å²) < 4.78 is 0. The van der Waals surface area contributed by atoms with Gasteiger partial charge in [0, 0.05) is 18.5 Å². The fraction of sp³-hybridized carbons (Fsp3) is 0.407. The predicted octanol–water partition coefficient (Wildman–Crippen LogP) is 3.35. The third-order valence-corrected chi connectivity index (χ3v) is 6.51. The summed E-state index contributed by atoms with van der Waals surface area (Å²) in [6.45, 7) is 13.6. The average Bonchev–Trinajstić information content (AvgIpc) is 3.03. The Labute approximate surface area is 191 Å². The number of ketones is 1. The van der Waals surface area contributed by atoms with Gasteiger partial charge in [0.25, 0.3) is 11.7 Å². The zero-order valence-electron chi connectivity index (χ0n) is 19.9. The zero-order chi connectivity index (χ0) is 23.4. The minimum absolute atomic E-state index is 0.0907. The molecule has 0 saturated carbocycles. The number of likely N-dealkylation sites (tertiary alicyclic amines) is 1. The molecule has 0 radical (unpaired) electrons. The van der Waals surface area contributed by atoms with Gasteiger partial charge in [-0.2, -0.15) is 0 Å². The molecule has 1 aliphatic heterocycles. The first kappa shape index (κ1) is 23.7. The normalized spacial score (nSPS) is 18.1. The van der Waals surface area contributed by atoms with Crippen LogP contribution in [0.2, 0.25) is 0 Å². The molecule has 170 valence electrons. The third-order valence-electron chi connectivity index (χ3n) is 6.51. The quantitative estimate of drug-likeness (QED) is 0.380. The number of aliphatic hydroxyl groups excluding tert-OH is 1. The van der Waals surface area contributed by atoms with Crippen LogP contribution in [-0.2, 0) is 9.59 Å². The number of hydrogen-bond donors (Lipinski definition) is 2. The number of benzene rings is 2. The van der Waals surface area contributed by atoms with E-state index in [1.165, 1.54) is 4.90 Å². The van der Waals surface area contributed by atoms with Gasteiger partial charge in [-0.1, -0.05) is 47.5 Å². The van der Waals surface area contributed by atoms with Gasteiger partial charge in [0.15, 0.2) is 0 Å². The van der Waals surface area contributed by atoms with Crippen molar-refractivity contribution in [1.82, 2.24) is 4.90 Å². The first-order valence-corrected chi connectivity index (χ1v) is 11.5. The van der Waals surface area contributed by atoms with Crippen molar-refractivity contribution < 1.29 is 19.6 Å². The van der Waals surface area contributed by atoms with Crippen LogP contribution in [0.5, 0.6) is 0 Å². The van der Waals surface area contributed by atoms with Crippen LogP contribution < -0.4 is 4.90 Å². The van der Waals surface area contributed by atoms with Gasteiger partial charge in [-0.3, -0.25) is 9.59 Å². The maximum atomic E-state index is 13.2. The number of aliphatic hydroxyl groups is 1. The third kappa shape index (κ3) is 4.78. The smallest absolute Gasteiger partial charge is 0.295 e. The Kier molecular flexibility index (Phi) is 7.52. The van der Waals surface area contributed by atoms with Gasteiger partial charge in [-0.05, 0) is 51.8 Å². The maximum absolute atomic E-state index is 13.2. The topological polar surface area (TPSA) is 62.0 Å². The van der Waals surface area contributed by atoms with Crippen molar-refractivity contribution in [3.05, 3.63) is 75.9 Å². The van der Waals surface area contributed by atoms with Gasteiger partial charge in [0.1, 0.15) is 5.76 Å². The molecule has 1 atom stereocenters. The Morgan fingerprint density at radius 2 is 1.59 bits per heavy atom. The van der Waals surface area contributed by atoms with Crippen molar-refractivity contribution in [2.24, 2.45) is 0 Å². The lowest BCUT2D eigenvalue weighted by molar-refractivity contribution is -0.896. The predicted molar refractivity (Wildman–Crippen MR) is 128 cm³/mol. The fourth-order valence-electron chi connectivity index (χ4n) is 4.44. The van der Waals surface area contributed by atoms with Gasteiger partial charge in [0.2, 0.25) is 0 Å². The van der Waals surface area contributed by atoms with E-state index in [0.717, 1.165) is 48.3 Å². The molecule has 1 fully saturated rings. The minimum Gasteiger partial charge on any atom is -0.507 e. The van der Waals surface area contributed by atoms with Gasteiger partial charge in [-0.15, -0.1) is 0 Å². The van der Waals surface area contributed by atoms with Gasteiger partial charge in [-0.25, -0.2) is 0 Å². The number of nitrogens with one attached hydrogen (secondary N) is 1. The number of quaternary nitrogens is 1. The number of hydrogen-bond acceptors (Lipinski definition) is 3. The number of carbonyl (C=O) groups is 2. The molecule has 32 heavy (non-hydrogen) atoms. The molecule has 0 bridgehead atoms. The highest BCUT2D eigenvalue weighted by atomic mass is 16.3. The highest BCUT2D eigenvalue weighted by Crippen LogP contribution is 2.40. The van der Waals surface area contributed by atoms with E-state index in [0.29, 0.717) is 12.1 Å². The Morgan fingerprint density at radius 3 is 2.22 bits per heavy atom. The molecule has 1 unspecified atom stereocenters. The molecule has 5 nitrogen and oxygen atoms in total. The maximum Gasteiger partial charge on any atom is 0.295 e. The van der Waals surface area contributed by atoms with Crippen LogP contribution in [0.4, 0.5) is 0 Å². The number of aryl methyl sites for hydroxylation is 3. The van der Waals surface area contributed by atoms with Gasteiger partial charge < -0.3 is 14.9 Å². The molecule has 0 spiro atoms. The first-order chi connectivity index (χ1) is 15.3. The highest BCUT2D eigenvalue weighted by molar-refractivity contribution is 6.46. The molecule has 1 amide bonds. The lowest BCUT2D eigenvalue weighted by atomic mass is 9.93. The first-order valence-electron chi connectivity index (χ1n) is 11.5. The summed E-state index contributed by atoms with van der Waals surface area (Å²) >= 11 is 0. The Balaban J connectivity index is 2.06. The van der Waals surface area contributed by atoms with Crippen molar-refractivity contribution in [2.75, 3.05) is 26.2 Å². The van der Waals surface area contributed by atoms with Crippen molar-refractivity contribution in [3.63, 3.8) is 0 Å². The van der Waals surface area contributed by atoms with Gasteiger partial charge in [0.05, 0.1) is 31.2 Å². The van der Waals surface area contributed by atoms with Crippen molar-refractivity contribution in [3.8, 4) is 0 Å². The monoisotopic (exact) mass is 435 g/mol. The molecule has 2 aromatic carbocycles. The Morgan fingerprint density at radius 1 is 0.969 bits per heavy atom. The van der Waals surface area contributed by atoms with Crippen molar-refractivity contribution in [2.45, 2.75) is 47.1 Å². The number of rotatable bonds is 8. The average molecular weight is 436 g/mol. The standard InChI is InChI=1S/C27H34N2O3/c1-6-28(7-2)15-8-16-29-24(21-13-10-18(3)11-14-21)23(26(31)27(29)32)25(30)22-17-19(4)9-12-20(22)5/h9-14,17,24,30H,6-8,15-16H2,1-5H3/p+1. The lowest BCUT2D eigenvalue weighted by Crippen LogP contribution is -3.11. The van der Waals surface area contributed by atoms with Crippen LogP contribution in [0, 0.1) is 20.8 Å². The SMILES string of the molecule is CC[NH+](CC)CCCN1C(=O)C(=O)C(=C(O)c2cc(C)ccc2C)C1c1ccc(C)cc1. The van der Waals surface area contributed by atoms with Crippen LogP contribution >= 0.6 is 0 Å². The summed E-state index contributed by atoms with van der Waals surface area (Å²) in [5.74, 6) is -1.23. The fourth-order valence-corrected chi connectivity index (χ4v) is 4.44. The second-order valence-corrected chi connectivity index (χ2v) is 8.78. The largest absolute Gasteiger partial charge is 0.507 e. The second-order valence-electron chi connectivity index (χ2n) is 8.78. The Hall–Kier alpha value is -2.92. The van der Waals surface area contributed by atoms with Crippen molar-refractivity contribution in [1.29, 1.82) is 0 Å². The summed E-state index contributed by atoms with van der Waals surface area (Å²) in [6.07, 6.45) is 0.801. The van der Waals surface area contributed by atoms with E-state index < -0.39 is 17.7 Å². The molecule has 3 rings (SSSR count). The van der Waals surface area contributed by atoms with Crippen molar-refractivity contribution >= 4 is 17.4 Å². The highest BCUT2D eigenvalue weighted by Gasteiger charge is 2.46.